The van der Waals surface area contributed by atoms with E-state index in [1.165, 1.54) is 6.07 Å². The molecule has 0 unspecified atom stereocenters. The van der Waals surface area contributed by atoms with Gasteiger partial charge in [0.1, 0.15) is 17.3 Å². The average molecular weight is 359 g/mol. The summed E-state index contributed by atoms with van der Waals surface area (Å²) in [7, 11) is 0. The van der Waals surface area contributed by atoms with E-state index < -0.39 is 23.2 Å². The zero-order chi connectivity index (χ0) is 18.7. The number of benzene rings is 2. The van der Waals surface area contributed by atoms with E-state index in [1.54, 1.807) is 12.1 Å². The van der Waals surface area contributed by atoms with Crippen LogP contribution in [0, 0.1) is 11.6 Å². The molecule has 0 radical (unpaired) electrons. The minimum absolute atomic E-state index is 0.0661. The van der Waals surface area contributed by atoms with Crippen LogP contribution in [-0.2, 0) is 6.54 Å². The van der Waals surface area contributed by atoms with Gasteiger partial charge >= 0.3 is 0 Å². The molecule has 1 aliphatic rings. The SMILES string of the molecule is CC1(C)CNCCN1Cc1ccc(C(=O)Nc2c(F)cccc2F)cc1. The van der Waals surface area contributed by atoms with E-state index in [2.05, 4.69) is 29.4 Å². The van der Waals surface area contributed by atoms with Crippen molar-refractivity contribution in [3.63, 3.8) is 0 Å². The van der Waals surface area contributed by atoms with Gasteiger partial charge in [0.25, 0.3) is 5.91 Å². The van der Waals surface area contributed by atoms with Crippen molar-refractivity contribution in [3.05, 3.63) is 65.2 Å². The number of carbonyl (C=O) groups excluding carboxylic acids is 1. The lowest BCUT2D eigenvalue weighted by atomic mass is 9.99. The summed E-state index contributed by atoms with van der Waals surface area (Å²) in [5.41, 5.74) is 1.09. The Morgan fingerprint density at radius 3 is 2.42 bits per heavy atom. The molecular weight excluding hydrogens is 336 g/mol. The van der Waals surface area contributed by atoms with Gasteiger partial charge in [-0.1, -0.05) is 18.2 Å². The van der Waals surface area contributed by atoms with Gasteiger partial charge in [-0.3, -0.25) is 9.69 Å². The Bertz CT molecular complexity index is 770. The highest BCUT2D eigenvalue weighted by molar-refractivity contribution is 6.04. The Labute approximate surface area is 152 Å². The Morgan fingerprint density at radius 2 is 1.81 bits per heavy atom. The Balaban J connectivity index is 1.68. The van der Waals surface area contributed by atoms with Crippen molar-refractivity contribution in [2.45, 2.75) is 25.9 Å². The molecule has 0 atom stereocenters. The van der Waals surface area contributed by atoms with Gasteiger partial charge in [0.2, 0.25) is 0 Å². The second kappa shape index (κ2) is 7.51. The van der Waals surface area contributed by atoms with Crippen LogP contribution in [0.15, 0.2) is 42.5 Å². The molecule has 0 saturated carbocycles. The molecule has 2 aromatic carbocycles. The van der Waals surface area contributed by atoms with Crippen LogP contribution in [0.5, 0.6) is 0 Å². The van der Waals surface area contributed by atoms with E-state index in [1.807, 2.05) is 12.1 Å². The smallest absolute Gasteiger partial charge is 0.255 e. The van der Waals surface area contributed by atoms with Gasteiger partial charge in [-0.05, 0) is 43.7 Å². The maximum absolute atomic E-state index is 13.7. The van der Waals surface area contributed by atoms with E-state index in [-0.39, 0.29) is 5.54 Å². The second-order valence-corrected chi connectivity index (χ2v) is 7.16. The van der Waals surface area contributed by atoms with E-state index in [4.69, 9.17) is 0 Å². The van der Waals surface area contributed by atoms with Crippen LogP contribution in [0.4, 0.5) is 14.5 Å². The second-order valence-electron chi connectivity index (χ2n) is 7.16. The van der Waals surface area contributed by atoms with Gasteiger partial charge in [0, 0.05) is 37.3 Å². The minimum Gasteiger partial charge on any atom is -0.317 e. The number of carbonyl (C=O) groups is 1. The normalized spacial score (nSPS) is 17.1. The molecule has 0 aliphatic carbocycles. The lowest BCUT2D eigenvalue weighted by molar-refractivity contribution is 0.0827. The van der Waals surface area contributed by atoms with E-state index in [0.29, 0.717) is 5.56 Å². The van der Waals surface area contributed by atoms with Gasteiger partial charge in [-0.15, -0.1) is 0 Å². The van der Waals surface area contributed by atoms with Gasteiger partial charge in [0.15, 0.2) is 0 Å². The highest BCUT2D eigenvalue weighted by Crippen LogP contribution is 2.21. The first kappa shape index (κ1) is 18.5. The van der Waals surface area contributed by atoms with Gasteiger partial charge in [-0.25, -0.2) is 8.78 Å². The Morgan fingerprint density at radius 1 is 1.15 bits per heavy atom. The first-order valence-electron chi connectivity index (χ1n) is 8.67. The lowest BCUT2D eigenvalue weighted by Crippen LogP contribution is -2.57. The van der Waals surface area contributed by atoms with Crippen molar-refractivity contribution < 1.29 is 13.6 Å². The first-order chi connectivity index (χ1) is 12.4. The van der Waals surface area contributed by atoms with Crippen LogP contribution < -0.4 is 10.6 Å². The van der Waals surface area contributed by atoms with E-state index in [0.717, 1.165) is 43.9 Å². The summed E-state index contributed by atoms with van der Waals surface area (Å²) in [5.74, 6) is -2.13. The zero-order valence-electron chi connectivity index (χ0n) is 15.0. The summed E-state index contributed by atoms with van der Waals surface area (Å²) in [4.78, 5) is 14.7. The molecule has 3 rings (SSSR count). The summed E-state index contributed by atoms with van der Waals surface area (Å²) in [6.07, 6.45) is 0. The number of anilines is 1. The molecule has 1 amide bonds. The zero-order valence-corrected chi connectivity index (χ0v) is 15.0. The van der Waals surface area contributed by atoms with Crippen molar-refractivity contribution in [2.75, 3.05) is 25.0 Å². The predicted octanol–water partition coefficient (Wildman–Crippen LogP) is 3.40. The maximum atomic E-state index is 13.7. The topological polar surface area (TPSA) is 44.4 Å². The van der Waals surface area contributed by atoms with Gasteiger partial charge < -0.3 is 10.6 Å². The Hall–Kier alpha value is -2.31. The molecule has 1 saturated heterocycles. The molecule has 1 heterocycles. The van der Waals surface area contributed by atoms with Gasteiger partial charge in [0.05, 0.1) is 0 Å². The molecule has 2 aromatic rings. The van der Waals surface area contributed by atoms with Crippen molar-refractivity contribution in [2.24, 2.45) is 0 Å². The molecule has 138 valence electrons. The highest BCUT2D eigenvalue weighted by Gasteiger charge is 2.29. The van der Waals surface area contributed by atoms with Crippen LogP contribution >= 0.6 is 0 Å². The van der Waals surface area contributed by atoms with Gasteiger partial charge in [-0.2, -0.15) is 0 Å². The first-order valence-corrected chi connectivity index (χ1v) is 8.67. The largest absolute Gasteiger partial charge is 0.317 e. The molecule has 26 heavy (non-hydrogen) atoms. The molecule has 4 nitrogen and oxygen atoms in total. The average Bonchev–Trinajstić information content (AvgIpc) is 2.60. The summed E-state index contributed by atoms with van der Waals surface area (Å²) in [6.45, 7) is 8.04. The Kier molecular flexibility index (Phi) is 5.34. The van der Waals surface area contributed by atoms with E-state index >= 15 is 0 Å². The number of nitrogens with zero attached hydrogens (tertiary/aromatic N) is 1. The lowest BCUT2D eigenvalue weighted by Gasteiger charge is -2.42. The fourth-order valence-corrected chi connectivity index (χ4v) is 3.10. The monoisotopic (exact) mass is 359 g/mol. The molecule has 0 bridgehead atoms. The maximum Gasteiger partial charge on any atom is 0.255 e. The summed E-state index contributed by atoms with van der Waals surface area (Å²) < 4.78 is 27.3. The quantitative estimate of drug-likeness (QED) is 0.879. The fourth-order valence-electron chi connectivity index (χ4n) is 3.10. The van der Waals surface area contributed by atoms with Crippen molar-refractivity contribution >= 4 is 11.6 Å². The molecule has 0 spiro atoms. The van der Waals surface area contributed by atoms with Crippen LogP contribution in [0.1, 0.15) is 29.8 Å². The van der Waals surface area contributed by atoms with Crippen LogP contribution in [0.2, 0.25) is 0 Å². The number of hydrogen-bond donors (Lipinski definition) is 2. The number of rotatable bonds is 4. The third kappa shape index (κ3) is 4.08. The molecule has 2 N–H and O–H groups in total. The third-order valence-electron chi connectivity index (χ3n) is 4.76. The van der Waals surface area contributed by atoms with Crippen molar-refractivity contribution in [1.29, 1.82) is 0 Å². The van der Waals surface area contributed by atoms with E-state index in [9.17, 15) is 13.6 Å². The number of hydrogen-bond acceptors (Lipinski definition) is 3. The third-order valence-corrected chi connectivity index (χ3v) is 4.76. The minimum atomic E-state index is -0.795. The standard InChI is InChI=1S/C20H23F2N3O/c1-20(2)13-23-10-11-25(20)12-14-6-8-15(9-7-14)19(26)24-18-16(21)4-3-5-17(18)22/h3-9,23H,10-13H2,1-2H3,(H,24,26). The fraction of sp³-hybridized carbons (Fsp3) is 0.350. The summed E-state index contributed by atoms with van der Waals surface area (Å²) in [6, 6.07) is 10.6. The van der Waals surface area contributed by atoms with Crippen LogP contribution in [0.3, 0.4) is 0 Å². The summed E-state index contributed by atoms with van der Waals surface area (Å²) >= 11 is 0. The molecule has 0 aromatic heterocycles. The highest BCUT2D eigenvalue weighted by atomic mass is 19.1. The molecule has 1 aliphatic heterocycles. The number of nitrogens with one attached hydrogen (secondary N) is 2. The van der Waals surface area contributed by atoms with Crippen LogP contribution in [-0.4, -0.2) is 36.0 Å². The molecule has 6 heteroatoms. The van der Waals surface area contributed by atoms with Crippen molar-refractivity contribution in [3.8, 4) is 0 Å². The predicted molar refractivity (Wildman–Crippen MR) is 98.1 cm³/mol. The summed E-state index contributed by atoms with van der Waals surface area (Å²) in [5, 5.41) is 5.69. The van der Waals surface area contributed by atoms with Crippen molar-refractivity contribution in [1.82, 2.24) is 10.2 Å². The number of para-hydroxylation sites is 1. The molecule has 1 fully saturated rings. The number of amides is 1. The number of piperazine rings is 1. The number of halogens is 2. The van der Waals surface area contributed by atoms with Crippen LogP contribution in [0.25, 0.3) is 0 Å². The molecular formula is C20H23F2N3O.